The van der Waals surface area contributed by atoms with E-state index in [-0.39, 0.29) is 23.2 Å². The molecule has 44 heavy (non-hydrogen) atoms. The number of carbonyl (C=O) groups is 1. The molecule has 0 unspecified atom stereocenters. The van der Waals surface area contributed by atoms with E-state index in [2.05, 4.69) is 15.1 Å². The van der Waals surface area contributed by atoms with Crippen molar-refractivity contribution in [1.82, 2.24) is 19.5 Å². The molecule has 0 aliphatic carbocycles. The molecule has 4 aromatic rings. The summed E-state index contributed by atoms with van der Waals surface area (Å²) in [5.74, 6) is 1.11. The zero-order valence-electron chi connectivity index (χ0n) is 24.7. The number of nitrogens with one attached hydrogen (secondary N) is 1. The average Bonchev–Trinajstić information content (AvgIpc) is 3.49. The van der Waals surface area contributed by atoms with E-state index < -0.39 is 10.0 Å². The molecule has 2 aliphatic rings. The molecule has 0 saturated carbocycles. The lowest BCUT2D eigenvalue weighted by Crippen LogP contribution is -2.48. The number of hydrogen-bond acceptors (Lipinski definition) is 9. The second-order valence-electron chi connectivity index (χ2n) is 10.6. The van der Waals surface area contributed by atoms with Crippen molar-refractivity contribution in [2.75, 3.05) is 64.9 Å². The van der Waals surface area contributed by atoms with Crippen molar-refractivity contribution < 1.29 is 22.7 Å². The Bertz CT molecular complexity index is 1720. The number of carbonyl (C=O) groups excluding carboxylic acids is 1. The zero-order valence-corrected chi connectivity index (χ0v) is 27.1. The number of piperazine rings is 1. The van der Waals surface area contributed by atoms with Gasteiger partial charge in [0.15, 0.2) is 16.6 Å². The maximum atomic E-state index is 13.2. The fourth-order valence-corrected chi connectivity index (χ4v) is 8.06. The number of sulfonamides is 1. The number of ether oxygens (including phenoxy) is 2. The molecule has 0 radical (unpaired) electrons. The second-order valence-corrected chi connectivity index (χ2v) is 13.6. The van der Waals surface area contributed by atoms with Crippen molar-refractivity contribution in [3.05, 3.63) is 77.4 Å². The minimum Gasteiger partial charge on any atom is -0.493 e. The van der Waals surface area contributed by atoms with Gasteiger partial charge in [-0.1, -0.05) is 35.6 Å². The van der Waals surface area contributed by atoms with Crippen LogP contribution in [0.2, 0.25) is 0 Å². The van der Waals surface area contributed by atoms with Crippen LogP contribution in [0, 0.1) is 0 Å². The van der Waals surface area contributed by atoms with Crippen LogP contribution < -0.4 is 19.7 Å². The quantitative estimate of drug-likeness (QED) is 0.288. The predicted octanol–water partition coefficient (Wildman–Crippen LogP) is 4.03. The average molecular weight is 658 g/mol. The number of methoxy groups -OCH3 is 2. The lowest BCUT2D eigenvalue weighted by Gasteiger charge is -2.34. The molecule has 1 N–H and O–H groups in total. The largest absolute Gasteiger partial charge is 0.493 e. The number of aromatic nitrogens is 1. The molecule has 10 nitrogen and oxygen atoms in total. The van der Waals surface area contributed by atoms with Crippen LogP contribution in [0.25, 0.3) is 10.2 Å². The van der Waals surface area contributed by atoms with Gasteiger partial charge < -0.3 is 19.7 Å². The highest BCUT2D eigenvalue weighted by Gasteiger charge is 2.28. The minimum atomic E-state index is -3.64. The van der Waals surface area contributed by atoms with Gasteiger partial charge in [0.05, 0.1) is 23.8 Å². The number of thiazole rings is 1. The van der Waals surface area contributed by atoms with E-state index in [0.29, 0.717) is 43.1 Å². The summed E-state index contributed by atoms with van der Waals surface area (Å²) in [7, 11) is -0.392. The SMILES string of the molecule is COc1ccc2sc(N3CCN(CCNC(=O)c4ccc(S(=O)(=O)N5CCc6ccccc6C5)cc4)CC3)nc2c1OC.Cl. The Morgan fingerprint density at radius 2 is 1.66 bits per heavy atom. The molecule has 13 heteroatoms. The summed E-state index contributed by atoms with van der Waals surface area (Å²) in [6.07, 6.45) is 0.692. The van der Waals surface area contributed by atoms with Gasteiger partial charge in [0.1, 0.15) is 5.52 Å². The van der Waals surface area contributed by atoms with Crippen LogP contribution in [0.5, 0.6) is 11.5 Å². The lowest BCUT2D eigenvalue weighted by atomic mass is 10.0. The fourth-order valence-electron chi connectivity index (χ4n) is 5.63. The number of hydrogen-bond donors (Lipinski definition) is 1. The molecule has 1 aromatic heterocycles. The van der Waals surface area contributed by atoms with Crippen LogP contribution in [-0.2, 0) is 23.0 Å². The van der Waals surface area contributed by atoms with Gasteiger partial charge >= 0.3 is 0 Å². The van der Waals surface area contributed by atoms with Gasteiger partial charge in [-0.25, -0.2) is 13.4 Å². The molecular weight excluding hydrogens is 622 g/mol. The summed E-state index contributed by atoms with van der Waals surface area (Å²) in [5.41, 5.74) is 3.48. The first-order valence-electron chi connectivity index (χ1n) is 14.3. The van der Waals surface area contributed by atoms with E-state index in [9.17, 15) is 13.2 Å². The monoisotopic (exact) mass is 657 g/mol. The maximum Gasteiger partial charge on any atom is 0.251 e. The Morgan fingerprint density at radius 3 is 2.36 bits per heavy atom. The van der Waals surface area contributed by atoms with Gasteiger partial charge in [-0.2, -0.15) is 4.31 Å². The van der Waals surface area contributed by atoms with Gasteiger partial charge in [-0.15, -0.1) is 12.4 Å². The number of benzene rings is 3. The number of nitrogens with zero attached hydrogens (tertiary/aromatic N) is 4. The summed E-state index contributed by atoms with van der Waals surface area (Å²) in [5, 5.41) is 3.94. The van der Waals surface area contributed by atoms with Crippen molar-refractivity contribution in [3.63, 3.8) is 0 Å². The molecule has 1 saturated heterocycles. The van der Waals surface area contributed by atoms with E-state index in [1.165, 1.54) is 22.0 Å². The van der Waals surface area contributed by atoms with E-state index in [4.69, 9.17) is 14.5 Å². The molecule has 1 amide bonds. The molecule has 1 fully saturated rings. The first kappa shape index (κ1) is 32.0. The molecule has 0 spiro atoms. The Hall–Kier alpha value is -3.42. The van der Waals surface area contributed by atoms with Gasteiger partial charge in [0, 0.05) is 57.9 Å². The number of anilines is 1. The maximum absolute atomic E-state index is 13.2. The molecule has 0 atom stereocenters. The van der Waals surface area contributed by atoms with E-state index in [1.807, 2.05) is 36.4 Å². The summed E-state index contributed by atoms with van der Waals surface area (Å²) in [6, 6.07) is 18.1. The summed E-state index contributed by atoms with van der Waals surface area (Å²) in [4.78, 5) is 22.4. The van der Waals surface area contributed by atoms with Gasteiger partial charge in [-0.3, -0.25) is 9.69 Å². The summed E-state index contributed by atoms with van der Waals surface area (Å²) in [6.45, 7) is 5.44. The van der Waals surface area contributed by atoms with Crippen LogP contribution in [-0.4, -0.2) is 88.5 Å². The summed E-state index contributed by atoms with van der Waals surface area (Å²) >= 11 is 1.64. The molecule has 6 rings (SSSR count). The predicted molar refractivity (Wildman–Crippen MR) is 175 cm³/mol. The van der Waals surface area contributed by atoms with Crippen molar-refractivity contribution in [1.29, 1.82) is 0 Å². The first-order valence-corrected chi connectivity index (χ1v) is 16.6. The third-order valence-electron chi connectivity index (χ3n) is 8.10. The Morgan fingerprint density at radius 1 is 0.932 bits per heavy atom. The van der Waals surface area contributed by atoms with E-state index >= 15 is 0 Å². The Labute approximate surface area is 268 Å². The number of halogens is 1. The highest BCUT2D eigenvalue weighted by Crippen LogP contribution is 2.40. The van der Waals surface area contributed by atoms with Crippen molar-refractivity contribution in [3.8, 4) is 11.5 Å². The van der Waals surface area contributed by atoms with Crippen LogP contribution in [0.15, 0.2) is 65.6 Å². The third kappa shape index (κ3) is 6.50. The molecule has 3 aromatic carbocycles. The molecule has 3 heterocycles. The highest BCUT2D eigenvalue weighted by molar-refractivity contribution is 7.89. The van der Waals surface area contributed by atoms with Gasteiger partial charge in [0.2, 0.25) is 10.0 Å². The van der Waals surface area contributed by atoms with E-state index in [0.717, 1.165) is 53.6 Å². The molecule has 2 aliphatic heterocycles. The van der Waals surface area contributed by atoms with Gasteiger partial charge in [-0.05, 0) is 53.9 Å². The van der Waals surface area contributed by atoms with Crippen LogP contribution in [0.3, 0.4) is 0 Å². The standard InChI is InChI=1S/C31H35N5O5S2.ClH/c1-40-26-11-12-27-28(29(26)41-2)33-31(42-27)35-19-17-34(18-20-35)16-14-32-30(37)23-7-9-25(10-8-23)43(38,39)36-15-13-22-5-3-4-6-24(22)21-36;/h3-12H,13-21H2,1-2H3,(H,32,37);1H. The molecule has 0 bridgehead atoms. The van der Waals surface area contributed by atoms with Gasteiger partial charge in [0.25, 0.3) is 5.91 Å². The number of fused-ring (bicyclic) bond motifs is 2. The molecular formula is C31H36ClN5O5S2. The number of amides is 1. The zero-order chi connectivity index (χ0) is 30.0. The summed E-state index contributed by atoms with van der Waals surface area (Å²) < 4.78 is 40.0. The van der Waals surface area contributed by atoms with E-state index in [1.54, 1.807) is 37.7 Å². The fraction of sp³-hybridized carbons (Fsp3) is 0.355. The third-order valence-corrected chi connectivity index (χ3v) is 11.0. The minimum absolute atomic E-state index is 0. The highest BCUT2D eigenvalue weighted by atomic mass is 35.5. The number of rotatable bonds is 9. The Kier molecular flexibility index (Phi) is 9.96. The van der Waals surface area contributed by atoms with Crippen LogP contribution in [0.4, 0.5) is 5.13 Å². The first-order chi connectivity index (χ1) is 20.9. The van der Waals surface area contributed by atoms with Crippen molar-refractivity contribution >= 4 is 55.0 Å². The second kappa shape index (κ2) is 13.7. The van der Waals surface area contributed by atoms with Crippen molar-refractivity contribution in [2.24, 2.45) is 0 Å². The van der Waals surface area contributed by atoms with Crippen LogP contribution >= 0.6 is 23.7 Å². The topological polar surface area (TPSA) is 104 Å². The molecule has 234 valence electrons. The smallest absolute Gasteiger partial charge is 0.251 e. The Balaban J connectivity index is 0.00000384. The normalized spacial score (nSPS) is 15.8. The van der Waals surface area contributed by atoms with Crippen LogP contribution in [0.1, 0.15) is 21.5 Å². The lowest BCUT2D eigenvalue weighted by molar-refractivity contribution is 0.0947. The van der Waals surface area contributed by atoms with Crippen molar-refractivity contribution in [2.45, 2.75) is 17.9 Å².